The highest BCUT2D eigenvalue weighted by atomic mass is 16.5. The van der Waals surface area contributed by atoms with Crippen molar-refractivity contribution in [3.05, 3.63) is 36.8 Å². The zero-order chi connectivity index (χ0) is 13.0. The van der Waals surface area contributed by atoms with Crippen LogP contribution < -0.4 is 4.90 Å². The Morgan fingerprint density at radius 1 is 1.33 bits per heavy atom. The number of benzene rings is 1. The molecule has 2 rings (SSSR count). The van der Waals surface area contributed by atoms with Crippen molar-refractivity contribution in [1.29, 1.82) is 0 Å². The number of anilines is 1. The number of hydrogen-bond donors (Lipinski definition) is 0. The van der Waals surface area contributed by atoms with Crippen molar-refractivity contribution >= 4 is 11.7 Å². The van der Waals surface area contributed by atoms with Crippen LogP contribution in [0.5, 0.6) is 0 Å². The molecule has 1 radical (unpaired) electrons. The van der Waals surface area contributed by atoms with Crippen LogP contribution in [0.1, 0.15) is 20.3 Å². The number of carbonyl (C=O) groups is 1. The topological polar surface area (TPSA) is 29.5 Å². The molecule has 0 bridgehead atoms. The van der Waals surface area contributed by atoms with Crippen LogP contribution >= 0.6 is 0 Å². The lowest BCUT2D eigenvalue weighted by Gasteiger charge is -2.33. The van der Waals surface area contributed by atoms with Crippen LogP contribution in [-0.2, 0) is 9.53 Å². The van der Waals surface area contributed by atoms with Gasteiger partial charge < -0.3 is 9.64 Å². The molecule has 0 amide bonds. The minimum Gasteiger partial charge on any atom is -0.463 e. The lowest BCUT2D eigenvalue weighted by atomic mass is 9.97. The summed E-state index contributed by atoms with van der Waals surface area (Å²) in [6, 6.07) is 10.2. The van der Waals surface area contributed by atoms with Crippen molar-refractivity contribution in [3.63, 3.8) is 0 Å². The van der Waals surface area contributed by atoms with Crippen molar-refractivity contribution in [3.8, 4) is 0 Å². The number of nitrogens with zero attached hydrogens (tertiary/aromatic N) is 1. The summed E-state index contributed by atoms with van der Waals surface area (Å²) in [6.45, 7) is 5.45. The van der Waals surface area contributed by atoms with Crippen molar-refractivity contribution in [2.75, 3.05) is 18.0 Å². The molecule has 0 aromatic heterocycles. The molecule has 1 aromatic rings. The summed E-state index contributed by atoms with van der Waals surface area (Å²) in [5.74, 6) is -0.216. The van der Waals surface area contributed by atoms with E-state index in [1.165, 1.54) is 5.69 Å². The van der Waals surface area contributed by atoms with E-state index in [0.29, 0.717) is 0 Å². The van der Waals surface area contributed by atoms with Crippen LogP contribution in [-0.4, -0.2) is 25.2 Å². The predicted octanol–water partition coefficient (Wildman–Crippen LogP) is 2.67. The van der Waals surface area contributed by atoms with Crippen molar-refractivity contribution < 1.29 is 9.53 Å². The van der Waals surface area contributed by atoms with Crippen LogP contribution in [0.4, 0.5) is 5.69 Å². The molecule has 0 aliphatic carbocycles. The molecule has 1 fully saturated rings. The molecule has 1 unspecified atom stereocenters. The molecular weight excluding hydrogens is 226 g/mol. The summed E-state index contributed by atoms with van der Waals surface area (Å²) in [6.07, 6.45) is 2.95. The third-order valence-corrected chi connectivity index (χ3v) is 3.04. The van der Waals surface area contributed by atoms with Gasteiger partial charge in [-0.25, -0.2) is 0 Å². The maximum Gasteiger partial charge on any atom is 0.311 e. The van der Waals surface area contributed by atoms with Crippen molar-refractivity contribution in [1.82, 2.24) is 0 Å². The Bertz CT molecular complexity index is 389. The molecular formula is C15H20NO2. The summed E-state index contributed by atoms with van der Waals surface area (Å²) in [4.78, 5) is 14.1. The van der Waals surface area contributed by atoms with Gasteiger partial charge in [0, 0.05) is 18.8 Å². The second-order valence-electron chi connectivity index (χ2n) is 4.90. The van der Waals surface area contributed by atoms with Crippen LogP contribution in [0.15, 0.2) is 30.3 Å². The van der Waals surface area contributed by atoms with Crippen LogP contribution in [0, 0.1) is 12.3 Å². The maximum atomic E-state index is 11.9. The fraction of sp³-hybridized carbons (Fsp3) is 0.467. The highest BCUT2D eigenvalue weighted by molar-refractivity contribution is 5.75. The maximum absolute atomic E-state index is 11.9. The van der Waals surface area contributed by atoms with E-state index < -0.39 is 0 Å². The number of piperidine rings is 1. The number of hydrogen-bond acceptors (Lipinski definition) is 3. The molecule has 3 nitrogen and oxygen atoms in total. The lowest BCUT2D eigenvalue weighted by Crippen LogP contribution is -2.40. The van der Waals surface area contributed by atoms with Crippen molar-refractivity contribution in [2.45, 2.75) is 26.4 Å². The summed E-state index contributed by atoms with van der Waals surface area (Å²) in [5.41, 5.74) is 1.17. The fourth-order valence-corrected chi connectivity index (χ4v) is 2.20. The molecule has 0 N–H and O–H groups in total. The second-order valence-corrected chi connectivity index (χ2v) is 4.90. The van der Waals surface area contributed by atoms with Gasteiger partial charge in [0.2, 0.25) is 0 Å². The standard InChI is InChI=1S/C15H20NO2/c1-12(2)18-15(17)13-7-6-10-16(11-13)14-8-4-3-5-9-14/h3-5,7-9,12-13H,6,10-11H2,1-2H3. The third-order valence-electron chi connectivity index (χ3n) is 3.04. The van der Waals surface area contributed by atoms with Gasteiger partial charge in [0.15, 0.2) is 0 Å². The zero-order valence-corrected chi connectivity index (χ0v) is 11.0. The van der Waals surface area contributed by atoms with Gasteiger partial charge in [-0.3, -0.25) is 4.79 Å². The van der Waals surface area contributed by atoms with Gasteiger partial charge in [0.25, 0.3) is 0 Å². The largest absolute Gasteiger partial charge is 0.463 e. The highest BCUT2D eigenvalue weighted by Crippen LogP contribution is 2.23. The number of para-hydroxylation sites is 1. The third kappa shape index (κ3) is 3.25. The molecule has 3 heteroatoms. The Labute approximate surface area is 109 Å². The Kier molecular flexibility index (Phi) is 4.24. The van der Waals surface area contributed by atoms with Crippen LogP contribution in [0.3, 0.4) is 0 Å². The predicted molar refractivity (Wildman–Crippen MR) is 72.3 cm³/mol. The smallest absolute Gasteiger partial charge is 0.311 e. The minimum absolute atomic E-state index is 0.0435. The Morgan fingerprint density at radius 3 is 2.72 bits per heavy atom. The lowest BCUT2D eigenvalue weighted by molar-refractivity contribution is -0.151. The average Bonchev–Trinajstić information content (AvgIpc) is 2.39. The summed E-state index contributed by atoms with van der Waals surface area (Å²) < 4.78 is 5.28. The first kappa shape index (κ1) is 12.9. The van der Waals surface area contributed by atoms with E-state index in [1.54, 1.807) is 0 Å². The molecule has 1 aromatic carbocycles. The van der Waals surface area contributed by atoms with Gasteiger partial charge in [-0.2, -0.15) is 0 Å². The van der Waals surface area contributed by atoms with E-state index in [2.05, 4.69) is 23.5 Å². The van der Waals surface area contributed by atoms with Crippen LogP contribution in [0.2, 0.25) is 0 Å². The first-order chi connectivity index (χ1) is 8.66. The zero-order valence-electron chi connectivity index (χ0n) is 11.0. The normalized spacial score (nSPS) is 19.9. The Balaban J connectivity index is 1.98. The molecule has 1 aliphatic rings. The van der Waals surface area contributed by atoms with Gasteiger partial charge in [0.05, 0.1) is 12.0 Å². The number of carbonyl (C=O) groups excluding carboxylic acids is 1. The van der Waals surface area contributed by atoms with E-state index >= 15 is 0 Å². The van der Waals surface area contributed by atoms with Gasteiger partial charge in [-0.1, -0.05) is 18.2 Å². The number of ether oxygens (including phenoxy) is 1. The quantitative estimate of drug-likeness (QED) is 0.768. The summed E-state index contributed by atoms with van der Waals surface area (Å²) >= 11 is 0. The van der Waals surface area contributed by atoms with E-state index in [-0.39, 0.29) is 18.0 Å². The molecule has 97 valence electrons. The van der Waals surface area contributed by atoms with E-state index in [9.17, 15) is 4.79 Å². The monoisotopic (exact) mass is 246 g/mol. The van der Waals surface area contributed by atoms with Gasteiger partial charge in [-0.15, -0.1) is 0 Å². The minimum atomic E-state index is -0.110. The summed E-state index contributed by atoms with van der Waals surface area (Å²) in [5, 5.41) is 0. The first-order valence-corrected chi connectivity index (χ1v) is 6.50. The molecule has 0 saturated carbocycles. The van der Waals surface area contributed by atoms with E-state index in [1.807, 2.05) is 32.0 Å². The summed E-state index contributed by atoms with van der Waals surface area (Å²) in [7, 11) is 0. The van der Waals surface area contributed by atoms with E-state index in [0.717, 1.165) is 19.5 Å². The molecule has 1 heterocycles. The Morgan fingerprint density at radius 2 is 2.06 bits per heavy atom. The molecule has 0 spiro atoms. The van der Waals surface area contributed by atoms with Gasteiger partial charge >= 0.3 is 5.97 Å². The first-order valence-electron chi connectivity index (χ1n) is 6.50. The van der Waals surface area contributed by atoms with Crippen LogP contribution in [0.25, 0.3) is 0 Å². The molecule has 1 saturated heterocycles. The SMILES string of the molecule is CC(C)OC(=O)C1[CH]CCN(c2ccccc2)C1. The highest BCUT2D eigenvalue weighted by Gasteiger charge is 2.27. The number of esters is 1. The van der Waals surface area contributed by atoms with Gasteiger partial charge in [-0.05, 0) is 38.8 Å². The second kappa shape index (κ2) is 5.89. The Hall–Kier alpha value is -1.51. The van der Waals surface area contributed by atoms with Gasteiger partial charge in [0.1, 0.15) is 0 Å². The number of rotatable bonds is 3. The molecule has 1 aliphatic heterocycles. The fourth-order valence-electron chi connectivity index (χ4n) is 2.20. The average molecular weight is 246 g/mol. The molecule has 18 heavy (non-hydrogen) atoms. The van der Waals surface area contributed by atoms with E-state index in [4.69, 9.17) is 4.74 Å². The van der Waals surface area contributed by atoms with Crippen molar-refractivity contribution in [2.24, 2.45) is 5.92 Å². The molecule has 1 atom stereocenters.